The second-order valence-electron chi connectivity index (χ2n) is 4.44. The smallest absolute Gasteiger partial charge is 0.0589 e. The first kappa shape index (κ1) is 12.7. The van der Waals surface area contributed by atoms with Gasteiger partial charge in [-0.05, 0) is 24.9 Å². The monoisotopic (exact) mass is 212 g/mol. The Morgan fingerprint density at radius 2 is 2.33 bits per heavy atom. The summed E-state index contributed by atoms with van der Waals surface area (Å²) < 4.78 is 5.11. The number of nitrogens with zero attached hydrogens (tertiary/aromatic N) is 1. The highest BCUT2D eigenvalue weighted by Crippen LogP contribution is 2.16. The van der Waals surface area contributed by atoms with Crippen LogP contribution in [0.1, 0.15) is 6.92 Å². The number of hydrogen-bond donors (Lipinski definition) is 1. The van der Waals surface area contributed by atoms with Gasteiger partial charge < -0.3 is 10.1 Å². The molecule has 1 aliphatic heterocycles. The van der Waals surface area contributed by atoms with Gasteiger partial charge in [0.05, 0.1) is 6.61 Å². The average molecular weight is 212 g/mol. The molecule has 1 heterocycles. The Balaban J connectivity index is 2.24. The largest absolute Gasteiger partial charge is 0.383 e. The van der Waals surface area contributed by atoms with Crippen LogP contribution in [0.15, 0.2) is 12.7 Å². The lowest BCUT2D eigenvalue weighted by Gasteiger charge is -2.35. The van der Waals surface area contributed by atoms with Crippen LogP contribution in [0, 0.1) is 11.8 Å². The standard InChI is InChI=1S/C12H24N2O/c1-4-5-14(6-7-15-3)10-11(2)12-8-13-9-12/h4,11-13H,1,5-10H2,2-3H3. The van der Waals surface area contributed by atoms with E-state index in [1.165, 1.54) is 13.1 Å². The molecule has 1 N–H and O–H groups in total. The maximum absolute atomic E-state index is 5.11. The minimum atomic E-state index is 0.767. The van der Waals surface area contributed by atoms with Crippen molar-refractivity contribution in [2.75, 3.05) is 46.4 Å². The molecule has 0 radical (unpaired) electrons. The van der Waals surface area contributed by atoms with Crippen molar-refractivity contribution in [3.8, 4) is 0 Å². The van der Waals surface area contributed by atoms with Gasteiger partial charge in [-0.2, -0.15) is 0 Å². The lowest BCUT2D eigenvalue weighted by Crippen LogP contribution is -2.48. The molecule has 0 aromatic rings. The summed E-state index contributed by atoms with van der Waals surface area (Å²) in [7, 11) is 1.76. The molecule has 1 fully saturated rings. The minimum absolute atomic E-state index is 0.767. The highest BCUT2D eigenvalue weighted by Gasteiger charge is 2.24. The summed E-state index contributed by atoms with van der Waals surface area (Å²) in [5.41, 5.74) is 0. The molecular weight excluding hydrogens is 188 g/mol. The van der Waals surface area contributed by atoms with E-state index in [-0.39, 0.29) is 0 Å². The van der Waals surface area contributed by atoms with Gasteiger partial charge in [0.2, 0.25) is 0 Å². The van der Waals surface area contributed by atoms with Crippen LogP contribution in [0.5, 0.6) is 0 Å². The Hall–Kier alpha value is -0.380. The van der Waals surface area contributed by atoms with Crippen molar-refractivity contribution < 1.29 is 4.74 Å². The molecular formula is C12H24N2O. The molecule has 1 unspecified atom stereocenters. The van der Waals surface area contributed by atoms with Gasteiger partial charge in [0, 0.05) is 26.7 Å². The van der Waals surface area contributed by atoms with Crippen molar-refractivity contribution >= 4 is 0 Å². The average Bonchev–Trinajstić information content (AvgIpc) is 2.11. The van der Waals surface area contributed by atoms with Crippen LogP contribution in [0.4, 0.5) is 0 Å². The number of rotatable bonds is 8. The first-order valence-corrected chi connectivity index (χ1v) is 5.80. The predicted octanol–water partition coefficient (Wildman–Crippen LogP) is 0.976. The molecule has 0 aromatic carbocycles. The zero-order valence-electron chi connectivity index (χ0n) is 10.0. The van der Waals surface area contributed by atoms with Crippen LogP contribution < -0.4 is 5.32 Å². The Kier molecular flexibility index (Phi) is 5.91. The fourth-order valence-corrected chi connectivity index (χ4v) is 1.93. The van der Waals surface area contributed by atoms with Crippen LogP contribution in [0.2, 0.25) is 0 Å². The van der Waals surface area contributed by atoms with E-state index >= 15 is 0 Å². The van der Waals surface area contributed by atoms with Crippen molar-refractivity contribution in [1.29, 1.82) is 0 Å². The van der Waals surface area contributed by atoms with E-state index in [0.717, 1.165) is 38.1 Å². The fourth-order valence-electron chi connectivity index (χ4n) is 1.93. The third kappa shape index (κ3) is 4.33. The second kappa shape index (κ2) is 6.99. The lowest BCUT2D eigenvalue weighted by molar-refractivity contribution is 0.126. The van der Waals surface area contributed by atoms with Gasteiger partial charge in [-0.25, -0.2) is 0 Å². The molecule has 1 aliphatic rings. The molecule has 1 atom stereocenters. The van der Waals surface area contributed by atoms with Gasteiger partial charge in [-0.15, -0.1) is 6.58 Å². The summed E-state index contributed by atoms with van der Waals surface area (Å²) in [6.07, 6.45) is 1.97. The van der Waals surface area contributed by atoms with Gasteiger partial charge in [0.25, 0.3) is 0 Å². The van der Waals surface area contributed by atoms with E-state index in [4.69, 9.17) is 4.74 Å². The molecule has 15 heavy (non-hydrogen) atoms. The van der Waals surface area contributed by atoms with Gasteiger partial charge in [0.15, 0.2) is 0 Å². The zero-order chi connectivity index (χ0) is 11.1. The molecule has 0 saturated carbocycles. The Morgan fingerprint density at radius 1 is 1.60 bits per heavy atom. The number of ether oxygens (including phenoxy) is 1. The van der Waals surface area contributed by atoms with Crippen molar-refractivity contribution in [2.24, 2.45) is 11.8 Å². The highest BCUT2D eigenvalue weighted by atomic mass is 16.5. The van der Waals surface area contributed by atoms with Crippen molar-refractivity contribution in [3.05, 3.63) is 12.7 Å². The Morgan fingerprint density at radius 3 is 2.80 bits per heavy atom. The molecule has 0 spiro atoms. The maximum atomic E-state index is 5.11. The van der Waals surface area contributed by atoms with E-state index in [0.29, 0.717) is 0 Å². The van der Waals surface area contributed by atoms with E-state index in [2.05, 4.69) is 23.7 Å². The molecule has 3 heteroatoms. The van der Waals surface area contributed by atoms with Crippen LogP contribution in [-0.4, -0.2) is 51.3 Å². The Labute approximate surface area is 93.5 Å². The second-order valence-corrected chi connectivity index (χ2v) is 4.44. The Bertz CT molecular complexity index is 180. The lowest BCUT2D eigenvalue weighted by atomic mass is 9.88. The number of methoxy groups -OCH3 is 1. The van der Waals surface area contributed by atoms with Gasteiger partial charge in [-0.1, -0.05) is 13.0 Å². The van der Waals surface area contributed by atoms with Gasteiger partial charge >= 0.3 is 0 Å². The first-order chi connectivity index (χ1) is 7.27. The van der Waals surface area contributed by atoms with Gasteiger partial charge in [0.1, 0.15) is 0 Å². The van der Waals surface area contributed by atoms with Crippen molar-refractivity contribution in [2.45, 2.75) is 6.92 Å². The van der Waals surface area contributed by atoms with Crippen molar-refractivity contribution in [3.63, 3.8) is 0 Å². The van der Waals surface area contributed by atoms with Crippen LogP contribution in [-0.2, 0) is 4.74 Å². The minimum Gasteiger partial charge on any atom is -0.383 e. The normalized spacial score (nSPS) is 18.9. The summed E-state index contributed by atoms with van der Waals surface area (Å²) in [6.45, 7) is 12.5. The van der Waals surface area contributed by atoms with Crippen LogP contribution in [0.3, 0.4) is 0 Å². The number of hydrogen-bond acceptors (Lipinski definition) is 3. The van der Waals surface area contributed by atoms with Crippen LogP contribution in [0.25, 0.3) is 0 Å². The van der Waals surface area contributed by atoms with E-state index in [1.807, 2.05) is 6.08 Å². The van der Waals surface area contributed by atoms with E-state index in [1.54, 1.807) is 7.11 Å². The first-order valence-electron chi connectivity index (χ1n) is 5.80. The summed E-state index contributed by atoms with van der Waals surface area (Å²) in [6, 6.07) is 0. The SMILES string of the molecule is C=CCN(CCOC)CC(C)C1CNC1. The highest BCUT2D eigenvalue weighted by molar-refractivity contribution is 4.82. The molecule has 3 nitrogen and oxygen atoms in total. The van der Waals surface area contributed by atoms with E-state index < -0.39 is 0 Å². The van der Waals surface area contributed by atoms with Crippen molar-refractivity contribution in [1.82, 2.24) is 10.2 Å². The third-order valence-electron chi connectivity index (χ3n) is 3.16. The van der Waals surface area contributed by atoms with Crippen LogP contribution >= 0.6 is 0 Å². The molecule has 1 rings (SSSR count). The topological polar surface area (TPSA) is 24.5 Å². The number of nitrogens with one attached hydrogen (secondary N) is 1. The zero-order valence-corrected chi connectivity index (χ0v) is 10.0. The molecule has 0 aromatic heterocycles. The summed E-state index contributed by atoms with van der Waals surface area (Å²) in [5, 5.41) is 3.33. The quantitative estimate of drug-likeness (QED) is 0.607. The fraction of sp³-hybridized carbons (Fsp3) is 0.833. The molecule has 0 aliphatic carbocycles. The maximum Gasteiger partial charge on any atom is 0.0589 e. The molecule has 88 valence electrons. The van der Waals surface area contributed by atoms with E-state index in [9.17, 15) is 0 Å². The molecule has 1 saturated heterocycles. The third-order valence-corrected chi connectivity index (χ3v) is 3.16. The molecule has 0 amide bonds. The summed E-state index contributed by atoms with van der Waals surface area (Å²) in [4.78, 5) is 2.42. The van der Waals surface area contributed by atoms with Gasteiger partial charge in [-0.3, -0.25) is 4.90 Å². The predicted molar refractivity (Wildman–Crippen MR) is 64.0 cm³/mol. The summed E-state index contributed by atoms with van der Waals surface area (Å²) in [5.74, 6) is 1.63. The summed E-state index contributed by atoms with van der Waals surface area (Å²) >= 11 is 0. The molecule has 0 bridgehead atoms.